The summed E-state index contributed by atoms with van der Waals surface area (Å²) in [7, 11) is 1.37. The molecule has 0 amide bonds. The highest BCUT2D eigenvalue weighted by atomic mass is 35.5. The van der Waals surface area contributed by atoms with E-state index in [4.69, 9.17) is 21.7 Å². The summed E-state index contributed by atoms with van der Waals surface area (Å²) >= 11 is 5.86. The molecule has 0 aliphatic rings. The third-order valence-electron chi connectivity index (χ3n) is 2.78. The van der Waals surface area contributed by atoms with Gasteiger partial charge in [-0.3, -0.25) is 5.41 Å². The lowest BCUT2D eigenvalue weighted by atomic mass is 10.0. The van der Waals surface area contributed by atoms with Crippen molar-refractivity contribution in [3.8, 4) is 0 Å². The largest absolute Gasteiger partial charge is 0.483 e. The van der Waals surface area contributed by atoms with Crippen LogP contribution in [0.4, 0.5) is 18.9 Å². The van der Waals surface area contributed by atoms with Crippen molar-refractivity contribution in [3.63, 3.8) is 0 Å². The number of alkyl halides is 3. The van der Waals surface area contributed by atoms with Crippen LogP contribution in [0, 0.1) is 11.3 Å². The quantitative estimate of drug-likeness (QED) is 0.639. The van der Waals surface area contributed by atoms with Crippen LogP contribution >= 0.6 is 11.6 Å². The summed E-state index contributed by atoms with van der Waals surface area (Å²) in [6.07, 6.45) is -4.43. The molecule has 0 saturated heterocycles. The van der Waals surface area contributed by atoms with Gasteiger partial charge < -0.3 is 10.1 Å². The zero-order chi connectivity index (χ0) is 15.5. The van der Waals surface area contributed by atoms with Gasteiger partial charge in [-0.25, -0.2) is 0 Å². The number of ether oxygens (including phenoxy) is 1. The molecule has 3 nitrogen and oxygen atoms in total. The Labute approximate surface area is 120 Å². The Morgan fingerprint density at radius 3 is 2.35 bits per heavy atom. The van der Waals surface area contributed by atoms with Gasteiger partial charge in [0.2, 0.25) is 5.90 Å². The molecule has 0 heterocycles. The van der Waals surface area contributed by atoms with Gasteiger partial charge in [-0.2, -0.15) is 13.2 Å². The maximum Gasteiger partial charge on any atom is 0.416 e. The highest BCUT2D eigenvalue weighted by Crippen LogP contribution is 2.34. The molecule has 7 heteroatoms. The zero-order valence-electron chi connectivity index (χ0n) is 11.3. The third-order valence-corrected chi connectivity index (χ3v) is 3.09. The molecule has 112 valence electrons. The van der Waals surface area contributed by atoms with E-state index < -0.39 is 17.8 Å². The molecule has 2 N–H and O–H groups in total. The van der Waals surface area contributed by atoms with Gasteiger partial charge in [-0.1, -0.05) is 25.4 Å². The Bertz CT molecular complexity index is 489. The topological polar surface area (TPSA) is 45.1 Å². The van der Waals surface area contributed by atoms with Gasteiger partial charge >= 0.3 is 6.18 Å². The molecule has 0 spiro atoms. The number of rotatable bonds is 4. The second kappa shape index (κ2) is 6.35. The van der Waals surface area contributed by atoms with Gasteiger partial charge in [-0.15, -0.1) is 0 Å². The van der Waals surface area contributed by atoms with Gasteiger partial charge in [0.05, 0.1) is 23.4 Å². The van der Waals surface area contributed by atoms with Crippen molar-refractivity contribution in [2.24, 2.45) is 5.92 Å². The highest BCUT2D eigenvalue weighted by Gasteiger charge is 2.31. The van der Waals surface area contributed by atoms with Crippen LogP contribution in [0.3, 0.4) is 0 Å². The minimum atomic E-state index is -4.43. The van der Waals surface area contributed by atoms with Crippen LogP contribution in [0.15, 0.2) is 18.2 Å². The van der Waals surface area contributed by atoms with Gasteiger partial charge in [-0.05, 0) is 24.1 Å². The Morgan fingerprint density at radius 2 is 1.95 bits per heavy atom. The number of hydrogen-bond acceptors (Lipinski definition) is 3. The van der Waals surface area contributed by atoms with E-state index in [0.717, 1.165) is 12.1 Å². The van der Waals surface area contributed by atoms with E-state index in [2.05, 4.69) is 5.32 Å². The number of anilines is 1. The predicted molar refractivity (Wildman–Crippen MR) is 73.4 cm³/mol. The van der Waals surface area contributed by atoms with Gasteiger partial charge in [0.1, 0.15) is 6.04 Å². The van der Waals surface area contributed by atoms with Crippen molar-refractivity contribution in [3.05, 3.63) is 28.8 Å². The van der Waals surface area contributed by atoms with Crippen LogP contribution in [0.1, 0.15) is 19.4 Å². The van der Waals surface area contributed by atoms with E-state index in [1.165, 1.54) is 13.2 Å². The fraction of sp³-hybridized carbons (Fsp3) is 0.462. The molecule has 1 rings (SSSR count). The van der Waals surface area contributed by atoms with Crippen LogP contribution in [-0.2, 0) is 10.9 Å². The predicted octanol–water partition coefficient (Wildman–Crippen LogP) is 4.42. The Hall–Kier alpha value is -1.43. The van der Waals surface area contributed by atoms with Crippen LogP contribution in [-0.4, -0.2) is 19.0 Å². The maximum absolute atomic E-state index is 12.5. The minimum absolute atomic E-state index is 0.00374. The van der Waals surface area contributed by atoms with Crippen molar-refractivity contribution >= 4 is 23.2 Å². The van der Waals surface area contributed by atoms with Crippen LogP contribution in [0.25, 0.3) is 0 Å². The molecular formula is C13H16ClF3N2O. The van der Waals surface area contributed by atoms with Crippen molar-refractivity contribution < 1.29 is 17.9 Å². The van der Waals surface area contributed by atoms with Crippen molar-refractivity contribution in [2.45, 2.75) is 26.1 Å². The summed E-state index contributed by atoms with van der Waals surface area (Å²) in [6.45, 7) is 3.73. The Morgan fingerprint density at radius 1 is 1.35 bits per heavy atom. The molecule has 0 bridgehead atoms. The zero-order valence-corrected chi connectivity index (χ0v) is 12.1. The summed E-state index contributed by atoms with van der Waals surface area (Å²) in [5.74, 6) is 0.0109. The molecule has 1 unspecified atom stereocenters. The monoisotopic (exact) mass is 308 g/mol. The minimum Gasteiger partial charge on any atom is -0.483 e. The molecule has 20 heavy (non-hydrogen) atoms. The molecule has 0 radical (unpaired) electrons. The van der Waals surface area contributed by atoms with Crippen molar-refractivity contribution in [1.82, 2.24) is 0 Å². The number of benzene rings is 1. The fourth-order valence-electron chi connectivity index (χ4n) is 1.64. The average Bonchev–Trinajstić information content (AvgIpc) is 2.34. The normalized spacial score (nSPS) is 13.2. The van der Waals surface area contributed by atoms with Crippen LogP contribution in [0.2, 0.25) is 5.02 Å². The summed E-state index contributed by atoms with van der Waals surface area (Å²) in [4.78, 5) is 0. The third kappa shape index (κ3) is 4.03. The van der Waals surface area contributed by atoms with Gasteiger partial charge in [0.25, 0.3) is 0 Å². The first-order valence-electron chi connectivity index (χ1n) is 5.92. The molecular weight excluding hydrogens is 293 g/mol. The second-order valence-electron chi connectivity index (χ2n) is 4.63. The van der Waals surface area contributed by atoms with Crippen molar-refractivity contribution in [2.75, 3.05) is 12.4 Å². The number of halogens is 4. The molecule has 1 aromatic rings. The Balaban J connectivity index is 3.00. The van der Waals surface area contributed by atoms with E-state index in [0.29, 0.717) is 5.69 Å². The first-order chi connectivity index (χ1) is 9.16. The first-order valence-corrected chi connectivity index (χ1v) is 6.30. The molecule has 0 saturated carbocycles. The van der Waals surface area contributed by atoms with Crippen LogP contribution in [0.5, 0.6) is 0 Å². The van der Waals surface area contributed by atoms with Crippen molar-refractivity contribution in [1.29, 1.82) is 5.41 Å². The van der Waals surface area contributed by atoms with E-state index in [1.807, 2.05) is 13.8 Å². The SMILES string of the molecule is COC(=N)C(Nc1ccc(C(F)(F)F)cc1Cl)C(C)C. The number of nitrogens with one attached hydrogen (secondary N) is 2. The maximum atomic E-state index is 12.5. The molecule has 1 aromatic carbocycles. The lowest BCUT2D eigenvalue weighted by Gasteiger charge is -2.24. The molecule has 0 aromatic heterocycles. The molecule has 0 aliphatic heterocycles. The first kappa shape index (κ1) is 16.6. The van der Waals surface area contributed by atoms with E-state index in [9.17, 15) is 13.2 Å². The Kier molecular flexibility index (Phi) is 5.28. The molecule has 1 atom stereocenters. The van der Waals surface area contributed by atoms with E-state index >= 15 is 0 Å². The average molecular weight is 309 g/mol. The highest BCUT2D eigenvalue weighted by molar-refractivity contribution is 6.33. The molecule has 0 fully saturated rings. The van der Waals surface area contributed by atoms with Gasteiger partial charge in [0.15, 0.2) is 0 Å². The number of hydrogen-bond donors (Lipinski definition) is 2. The summed E-state index contributed by atoms with van der Waals surface area (Å²) in [5.41, 5.74) is -0.476. The van der Waals surface area contributed by atoms with Gasteiger partial charge in [0, 0.05) is 0 Å². The lowest BCUT2D eigenvalue weighted by Crippen LogP contribution is -2.35. The molecule has 0 aliphatic carbocycles. The van der Waals surface area contributed by atoms with E-state index in [-0.39, 0.29) is 16.8 Å². The standard InChI is InChI=1S/C13H16ClF3N2O/c1-7(2)11(12(18)20-3)19-10-5-4-8(6-9(10)14)13(15,16)17/h4-7,11,18-19H,1-3H3. The summed E-state index contributed by atoms with van der Waals surface area (Å²) in [5, 5.41) is 10.6. The fourth-order valence-corrected chi connectivity index (χ4v) is 1.87. The lowest BCUT2D eigenvalue weighted by molar-refractivity contribution is -0.137. The smallest absolute Gasteiger partial charge is 0.416 e. The van der Waals surface area contributed by atoms with Crippen LogP contribution < -0.4 is 5.32 Å². The summed E-state index contributed by atoms with van der Waals surface area (Å²) < 4.78 is 42.5. The number of methoxy groups -OCH3 is 1. The van der Waals surface area contributed by atoms with E-state index in [1.54, 1.807) is 0 Å². The second-order valence-corrected chi connectivity index (χ2v) is 5.03. The summed E-state index contributed by atoms with van der Waals surface area (Å²) in [6, 6.07) is 2.60.